The number of rotatable bonds is 5. The van der Waals surface area contributed by atoms with Gasteiger partial charge in [-0.05, 0) is 23.3 Å². The van der Waals surface area contributed by atoms with Crippen molar-refractivity contribution in [3.63, 3.8) is 0 Å². The number of hydrogen-bond acceptors (Lipinski definition) is 6. The zero-order chi connectivity index (χ0) is 20.4. The van der Waals surface area contributed by atoms with Gasteiger partial charge in [-0.1, -0.05) is 53.7 Å². The number of benzene rings is 3. The molecule has 1 aliphatic rings. The average Bonchev–Trinajstić information content (AvgIpc) is 3.10. The van der Waals surface area contributed by atoms with E-state index in [1.54, 1.807) is 0 Å². The van der Waals surface area contributed by atoms with Gasteiger partial charge in [-0.15, -0.1) is 0 Å². The molecule has 0 atom stereocenters. The number of methoxy groups -OCH3 is 3. The normalized spacial score (nSPS) is 11.3. The molecule has 6 nitrogen and oxygen atoms in total. The minimum absolute atomic E-state index is 0.239. The Labute approximate surface area is 168 Å². The van der Waals surface area contributed by atoms with E-state index in [0.717, 1.165) is 22.3 Å². The van der Waals surface area contributed by atoms with E-state index in [1.807, 2.05) is 48.5 Å². The first-order valence-electron chi connectivity index (χ1n) is 8.96. The molecule has 146 valence electrons. The molecule has 0 heterocycles. The first-order valence-corrected chi connectivity index (χ1v) is 8.96. The van der Waals surface area contributed by atoms with Gasteiger partial charge in [0, 0.05) is 11.1 Å². The maximum absolute atomic E-state index is 12.7. The van der Waals surface area contributed by atoms with Crippen molar-refractivity contribution in [2.75, 3.05) is 21.3 Å². The number of hydrogen-bond donors (Lipinski definition) is 0. The number of oxime groups is 1. The molecule has 3 aromatic carbocycles. The summed E-state index contributed by atoms with van der Waals surface area (Å²) in [5.74, 6) is 0.501. The van der Waals surface area contributed by atoms with E-state index in [4.69, 9.17) is 19.0 Å². The maximum Gasteiger partial charge on any atom is 0.366 e. The number of carbonyl (C=O) groups excluding carboxylic acids is 1. The van der Waals surface area contributed by atoms with Crippen LogP contribution in [0.1, 0.15) is 21.5 Å². The summed E-state index contributed by atoms with van der Waals surface area (Å²) in [5, 5.41) is 4.19. The molecule has 29 heavy (non-hydrogen) atoms. The second kappa shape index (κ2) is 7.67. The summed E-state index contributed by atoms with van der Waals surface area (Å²) in [6.07, 6.45) is 0. The molecule has 1 aliphatic carbocycles. The van der Waals surface area contributed by atoms with E-state index in [2.05, 4.69) is 5.16 Å². The third kappa shape index (κ3) is 3.18. The summed E-state index contributed by atoms with van der Waals surface area (Å²) >= 11 is 0. The third-order valence-corrected chi connectivity index (χ3v) is 4.77. The lowest BCUT2D eigenvalue weighted by atomic mass is 10.1. The first kappa shape index (κ1) is 18.6. The number of ether oxygens (including phenoxy) is 3. The van der Waals surface area contributed by atoms with Crippen molar-refractivity contribution in [1.82, 2.24) is 0 Å². The molecule has 0 bridgehead atoms. The molecule has 0 saturated carbocycles. The highest BCUT2D eigenvalue weighted by molar-refractivity contribution is 6.24. The molecule has 3 aromatic rings. The molecule has 4 rings (SSSR count). The van der Waals surface area contributed by atoms with Gasteiger partial charge in [0.15, 0.2) is 11.5 Å². The molecule has 0 fully saturated rings. The van der Waals surface area contributed by atoms with Gasteiger partial charge >= 0.3 is 5.97 Å². The molecule has 0 aliphatic heterocycles. The van der Waals surface area contributed by atoms with Gasteiger partial charge in [-0.25, -0.2) is 4.79 Å². The predicted octanol–water partition coefficient (Wildman–Crippen LogP) is 4.30. The largest absolute Gasteiger partial charge is 0.493 e. The standard InChI is InChI=1S/C23H19NO5/c1-26-19-12-14(13-20(27-2)22(19)28-3)23(25)29-24-21-17-10-6-4-8-15(17)16-9-5-7-11-18(16)21/h4-13H,1-3H3. The van der Waals surface area contributed by atoms with Crippen LogP contribution >= 0.6 is 0 Å². The van der Waals surface area contributed by atoms with E-state index in [-0.39, 0.29) is 5.56 Å². The molecule has 0 saturated heterocycles. The zero-order valence-corrected chi connectivity index (χ0v) is 16.3. The Morgan fingerprint density at radius 3 is 1.66 bits per heavy atom. The molecule has 6 heteroatoms. The Bertz CT molecular complexity index is 1050. The lowest BCUT2D eigenvalue weighted by molar-refractivity contribution is 0.0516. The summed E-state index contributed by atoms with van der Waals surface area (Å²) in [6.45, 7) is 0. The van der Waals surface area contributed by atoms with Gasteiger partial charge in [0.05, 0.1) is 26.9 Å². The second-order valence-corrected chi connectivity index (χ2v) is 6.32. The van der Waals surface area contributed by atoms with E-state index in [9.17, 15) is 4.79 Å². The fraction of sp³-hybridized carbons (Fsp3) is 0.130. The van der Waals surface area contributed by atoms with Gasteiger partial charge in [0.1, 0.15) is 5.71 Å². The lowest BCUT2D eigenvalue weighted by Gasteiger charge is -2.13. The Morgan fingerprint density at radius 1 is 0.724 bits per heavy atom. The molecule has 0 radical (unpaired) electrons. The topological polar surface area (TPSA) is 66.4 Å². The number of carbonyl (C=O) groups is 1. The van der Waals surface area contributed by atoms with E-state index >= 15 is 0 Å². The van der Waals surface area contributed by atoms with E-state index in [0.29, 0.717) is 23.0 Å². The quantitative estimate of drug-likeness (QED) is 0.376. The lowest BCUT2D eigenvalue weighted by Crippen LogP contribution is -2.07. The van der Waals surface area contributed by atoms with Crippen molar-refractivity contribution < 1.29 is 23.8 Å². The van der Waals surface area contributed by atoms with Crippen LogP contribution in [0.25, 0.3) is 11.1 Å². The maximum atomic E-state index is 12.7. The SMILES string of the molecule is COc1cc(C(=O)ON=C2c3ccccc3-c3ccccc32)cc(OC)c1OC. The minimum Gasteiger partial charge on any atom is -0.493 e. The van der Waals surface area contributed by atoms with E-state index < -0.39 is 5.97 Å². The van der Waals surface area contributed by atoms with Crippen LogP contribution in [0, 0.1) is 0 Å². The summed E-state index contributed by atoms with van der Waals surface area (Å²) < 4.78 is 15.9. The van der Waals surface area contributed by atoms with Gasteiger partial charge in [0.25, 0.3) is 0 Å². The van der Waals surface area contributed by atoms with Crippen molar-refractivity contribution in [3.05, 3.63) is 77.4 Å². The van der Waals surface area contributed by atoms with Crippen molar-refractivity contribution in [1.29, 1.82) is 0 Å². The summed E-state index contributed by atoms with van der Waals surface area (Å²) in [5.41, 5.74) is 4.83. The van der Waals surface area contributed by atoms with Crippen LogP contribution in [-0.4, -0.2) is 33.0 Å². The minimum atomic E-state index is -0.626. The van der Waals surface area contributed by atoms with Gasteiger partial charge in [0.2, 0.25) is 5.75 Å². The highest BCUT2D eigenvalue weighted by atomic mass is 16.7. The third-order valence-electron chi connectivity index (χ3n) is 4.77. The van der Waals surface area contributed by atoms with Crippen LogP contribution in [0.2, 0.25) is 0 Å². The highest BCUT2D eigenvalue weighted by Crippen LogP contribution is 2.39. The molecule has 0 amide bonds. The number of fused-ring (bicyclic) bond motifs is 3. The average molecular weight is 389 g/mol. The summed E-state index contributed by atoms with van der Waals surface area (Å²) in [6, 6.07) is 18.8. The van der Waals surface area contributed by atoms with Gasteiger partial charge < -0.3 is 19.0 Å². The van der Waals surface area contributed by atoms with Crippen LogP contribution in [0.4, 0.5) is 0 Å². The highest BCUT2D eigenvalue weighted by Gasteiger charge is 2.25. The molecule has 0 unspecified atom stereocenters. The Hall–Kier alpha value is -3.80. The van der Waals surface area contributed by atoms with Crippen LogP contribution in [0.15, 0.2) is 65.8 Å². The Morgan fingerprint density at radius 2 is 1.21 bits per heavy atom. The first-order chi connectivity index (χ1) is 14.2. The van der Waals surface area contributed by atoms with Crippen LogP contribution in [0.3, 0.4) is 0 Å². The smallest absolute Gasteiger partial charge is 0.366 e. The van der Waals surface area contributed by atoms with Gasteiger partial charge in [-0.2, -0.15) is 0 Å². The van der Waals surface area contributed by atoms with Crippen molar-refractivity contribution >= 4 is 11.7 Å². The van der Waals surface area contributed by atoms with Crippen LogP contribution in [-0.2, 0) is 4.84 Å². The van der Waals surface area contributed by atoms with Crippen molar-refractivity contribution in [2.45, 2.75) is 0 Å². The fourth-order valence-electron chi connectivity index (χ4n) is 3.43. The van der Waals surface area contributed by atoms with Crippen molar-refractivity contribution in [2.24, 2.45) is 5.16 Å². The molecular formula is C23H19NO5. The van der Waals surface area contributed by atoms with Gasteiger partial charge in [-0.3, -0.25) is 0 Å². The Balaban J connectivity index is 1.69. The molecule has 0 N–H and O–H groups in total. The van der Waals surface area contributed by atoms with Crippen LogP contribution in [0.5, 0.6) is 17.2 Å². The fourth-order valence-corrected chi connectivity index (χ4v) is 3.43. The molecule has 0 spiro atoms. The van der Waals surface area contributed by atoms with E-state index in [1.165, 1.54) is 33.5 Å². The molecule has 0 aromatic heterocycles. The number of nitrogens with zero attached hydrogens (tertiary/aromatic N) is 1. The Kier molecular flexibility index (Phi) is 4.91. The van der Waals surface area contributed by atoms with Crippen LogP contribution < -0.4 is 14.2 Å². The van der Waals surface area contributed by atoms with Crippen molar-refractivity contribution in [3.8, 4) is 28.4 Å². The summed E-state index contributed by atoms with van der Waals surface area (Å²) in [7, 11) is 4.47. The molecular weight excluding hydrogens is 370 g/mol. The summed E-state index contributed by atoms with van der Waals surface area (Å²) in [4.78, 5) is 18.0. The zero-order valence-electron chi connectivity index (χ0n) is 16.3. The monoisotopic (exact) mass is 389 g/mol. The predicted molar refractivity (Wildman–Crippen MR) is 109 cm³/mol. The second-order valence-electron chi connectivity index (χ2n) is 6.32.